The lowest BCUT2D eigenvalue weighted by Crippen LogP contribution is -2.55. The zero-order valence-electron chi connectivity index (χ0n) is 16.5. The molecule has 1 unspecified atom stereocenters. The number of aromatic nitrogens is 2. The fourth-order valence-corrected chi connectivity index (χ4v) is 4.07. The van der Waals surface area contributed by atoms with Crippen LogP contribution in [0.4, 0.5) is 10.1 Å². The Balaban J connectivity index is 1.43. The van der Waals surface area contributed by atoms with Gasteiger partial charge in [0.1, 0.15) is 12.4 Å². The van der Waals surface area contributed by atoms with E-state index in [1.165, 1.54) is 12.1 Å². The average molecular weight is 400 g/mol. The van der Waals surface area contributed by atoms with Crippen molar-refractivity contribution in [2.45, 2.75) is 31.4 Å². The second kappa shape index (κ2) is 8.42. The summed E-state index contributed by atoms with van der Waals surface area (Å²) < 4.78 is 24.7. The molecule has 4 rings (SSSR count). The summed E-state index contributed by atoms with van der Waals surface area (Å²) >= 11 is 0. The van der Waals surface area contributed by atoms with Crippen LogP contribution in [0.25, 0.3) is 0 Å². The van der Waals surface area contributed by atoms with Gasteiger partial charge in [-0.2, -0.15) is 0 Å². The number of hydrogen-bond acceptors (Lipinski definition) is 6. The van der Waals surface area contributed by atoms with Crippen molar-refractivity contribution in [3.8, 4) is 6.01 Å². The molecule has 2 aliphatic heterocycles. The maximum atomic E-state index is 13.7. The molecule has 1 aromatic heterocycles. The summed E-state index contributed by atoms with van der Waals surface area (Å²) in [5, 5.41) is 0. The van der Waals surface area contributed by atoms with E-state index in [-0.39, 0.29) is 18.3 Å². The van der Waals surface area contributed by atoms with E-state index in [4.69, 9.17) is 9.47 Å². The fraction of sp³-hybridized carbons (Fsp3) is 0.476. The third-order valence-corrected chi connectivity index (χ3v) is 5.63. The van der Waals surface area contributed by atoms with E-state index in [0.29, 0.717) is 18.2 Å². The summed E-state index contributed by atoms with van der Waals surface area (Å²) in [6.45, 7) is 3.02. The maximum Gasteiger partial charge on any atom is 0.316 e. The smallest absolute Gasteiger partial charge is 0.316 e. The van der Waals surface area contributed by atoms with E-state index in [1.54, 1.807) is 36.5 Å². The van der Waals surface area contributed by atoms with Crippen LogP contribution in [0.15, 0.2) is 36.7 Å². The van der Waals surface area contributed by atoms with Crippen LogP contribution < -0.4 is 9.64 Å². The number of likely N-dealkylation sites (tertiary alicyclic amines) is 1. The van der Waals surface area contributed by atoms with Crippen LogP contribution in [0, 0.1) is 5.82 Å². The minimum atomic E-state index is -0.397. The van der Waals surface area contributed by atoms with Gasteiger partial charge in [-0.25, -0.2) is 14.4 Å². The number of ether oxygens (including phenoxy) is 2. The maximum absolute atomic E-state index is 13.7. The van der Waals surface area contributed by atoms with Gasteiger partial charge in [0.15, 0.2) is 0 Å². The summed E-state index contributed by atoms with van der Waals surface area (Å²) in [5.74, 6) is -0.470. The molecule has 1 spiro atoms. The van der Waals surface area contributed by atoms with Gasteiger partial charge in [0, 0.05) is 36.7 Å². The zero-order chi connectivity index (χ0) is 20.3. The number of morpholine rings is 1. The quantitative estimate of drug-likeness (QED) is 0.785. The van der Waals surface area contributed by atoms with Crippen LogP contribution in [-0.2, 0) is 16.1 Å². The number of benzene rings is 1. The van der Waals surface area contributed by atoms with Gasteiger partial charge in [-0.15, -0.1) is 0 Å². The Morgan fingerprint density at radius 1 is 1.24 bits per heavy atom. The molecule has 2 saturated heterocycles. The standard InChI is InChI=1S/C21H25FN4O3/c1-28-20-23-11-16(12-24-20)13-25-8-3-6-21(7-9-25)15-26(19(27)14-29-21)18-5-2-4-17(22)10-18/h2,4-5,10-12H,3,6-9,13-15H2,1H3. The third kappa shape index (κ3) is 4.54. The Bertz CT molecular complexity index is 863. The number of nitrogens with zero attached hydrogens (tertiary/aromatic N) is 4. The van der Waals surface area contributed by atoms with E-state index in [0.717, 1.165) is 44.5 Å². The molecule has 29 heavy (non-hydrogen) atoms. The van der Waals surface area contributed by atoms with Gasteiger partial charge in [-0.05, 0) is 44.0 Å². The van der Waals surface area contributed by atoms with Crippen LogP contribution >= 0.6 is 0 Å². The Hall–Kier alpha value is -2.58. The molecule has 8 heteroatoms. The predicted molar refractivity (Wildman–Crippen MR) is 105 cm³/mol. The van der Waals surface area contributed by atoms with Crippen LogP contribution in [0.1, 0.15) is 24.8 Å². The van der Waals surface area contributed by atoms with Crippen molar-refractivity contribution in [2.75, 3.05) is 38.3 Å². The van der Waals surface area contributed by atoms with Gasteiger partial charge in [-0.1, -0.05) is 6.07 Å². The van der Waals surface area contributed by atoms with Crippen molar-refractivity contribution < 1.29 is 18.7 Å². The number of rotatable bonds is 4. The first-order valence-corrected chi connectivity index (χ1v) is 9.84. The summed E-state index contributed by atoms with van der Waals surface area (Å²) in [5.41, 5.74) is 1.22. The number of carbonyl (C=O) groups is 1. The van der Waals surface area contributed by atoms with Gasteiger partial charge in [-0.3, -0.25) is 9.69 Å². The van der Waals surface area contributed by atoms with Crippen LogP contribution in [0.2, 0.25) is 0 Å². The van der Waals surface area contributed by atoms with Gasteiger partial charge in [0.2, 0.25) is 0 Å². The molecule has 2 aliphatic rings. The van der Waals surface area contributed by atoms with Crippen molar-refractivity contribution in [3.63, 3.8) is 0 Å². The molecule has 7 nitrogen and oxygen atoms in total. The Kier molecular flexibility index (Phi) is 5.73. The lowest BCUT2D eigenvalue weighted by atomic mass is 9.92. The highest BCUT2D eigenvalue weighted by Crippen LogP contribution is 2.33. The second-order valence-electron chi connectivity index (χ2n) is 7.64. The molecule has 1 amide bonds. The number of methoxy groups -OCH3 is 1. The Morgan fingerprint density at radius 3 is 2.83 bits per heavy atom. The summed E-state index contributed by atoms with van der Waals surface area (Å²) in [6.07, 6.45) is 6.20. The van der Waals surface area contributed by atoms with Gasteiger partial charge < -0.3 is 14.4 Å². The number of anilines is 1. The van der Waals surface area contributed by atoms with E-state index < -0.39 is 5.60 Å². The summed E-state index contributed by atoms with van der Waals surface area (Å²) in [6, 6.07) is 6.56. The molecule has 0 bridgehead atoms. The van der Waals surface area contributed by atoms with Crippen molar-refractivity contribution >= 4 is 11.6 Å². The van der Waals surface area contributed by atoms with E-state index in [1.807, 2.05) is 0 Å². The molecule has 1 aromatic carbocycles. The first kappa shape index (κ1) is 19.7. The van der Waals surface area contributed by atoms with E-state index >= 15 is 0 Å². The van der Waals surface area contributed by atoms with Crippen LogP contribution in [-0.4, -0.2) is 59.7 Å². The molecular formula is C21H25FN4O3. The van der Waals surface area contributed by atoms with Gasteiger partial charge >= 0.3 is 6.01 Å². The monoisotopic (exact) mass is 400 g/mol. The lowest BCUT2D eigenvalue weighted by molar-refractivity contribution is -0.140. The molecule has 0 aliphatic carbocycles. The van der Waals surface area contributed by atoms with Crippen LogP contribution in [0.5, 0.6) is 6.01 Å². The predicted octanol–water partition coefficient (Wildman–Crippen LogP) is 2.41. The molecule has 2 aromatic rings. The average Bonchev–Trinajstić information content (AvgIpc) is 2.93. The first-order chi connectivity index (χ1) is 14.1. The van der Waals surface area contributed by atoms with Crippen molar-refractivity contribution in [1.82, 2.24) is 14.9 Å². The van der Waals surface area contributed by atoms with Crippen molar-refractivity contribution in [1.29, 1.82) is 0 Å². The highest BCUT2D eigenvalue weighted by molar-refractivity contribution is 5.95. The molecule has 0 radical (unpaired) electrons. The normalized spacial score (nSPS) is 23.2. The molecule has 0 N–H and O–H groups in total. The third-order valence-electron chi connectivity index (χ3n) is 5.63. The number of hydrogen-bond donors (Lipinski definition) is 0. The Morgan fingerprint density at radius 2 is 2.07 bits per heavy atom. The molecule has 1 atom stereocenters. The number of halogens is 1. The Labute approximate surface area is 169 Å². The fourth-order valence-electron chi connectivity index (χ4n) is 4.07. The highest BCUT2D eigenvalue weighted by Gasteiger charge is 2.41. The van der Waals surface area contributed by atoms with Gasteiger partial charge in [0.25, 0.3) is 5.91 Å². The summed E-state index contributed by atoms with van der Waals surface area (Å²) in [4.78, 5) is 24.8. The van der Waals surface area contributed by atoms with Crippen molar-refractivity contribution in [3.05, 3.63) is 48.0 Å². The molecule has 3 heterocycles. The second-order valence-corrected chi connectivity index (χ2v) is 7.64. The molecule has 0 saturated carbocycles. The largest absolute Gasteiger partial charge is 0.467 e. The topological polar surface area (TPSA) is 67.8 Å². The van der Waals surface area contributed by atoms with Crippen LogP contribution in [0.3, 0.4) is 0 Å². The van der Waals surface area contributed by atoms with E-state index in [9.17, 15) is 9.18 Å². The minimum absolute atomic E-state index is 0.0306. The van der Waals surface area contributed by atoms with E-state index in [2.05, 4.69) is 14.9 Å². The SMILES string of the molecule is COc1ncc(CN2CCCC3(CC2)CN(c2cccc(F)c2)C(=O)CO3)cn1. The van der Waals surface area contributed by atoms with Crippen molar-refractivity contribution in [2.24, 2.45) is 0 Å². The molecule has 2 fully saturated rings. The number of carbonyl (C=O) groups excluding carboxylic acids is 1. The van der Waals surface area contributed by atoms with Gasteiger partial charge in [0.05, 0.1) is 19.3 Å². The minimum Gasteiger partial charge on any atom is -0.467 e. The first-order valence-electron chi connectivity index (χ1n) is 9.84. The molecule has 154 valence electrons. The lowest BCUT2D eigenvalue weighted by Gasteiger charge is -2.42. The highest BCUT2D eigenvalue weighted by atomic mass is 19.1. The molecular weight excluding hydrogens is 375 g/mol. The number of amides is 1. The zero-order valence-corrected chi connectivity index (χ0v) is 16.5. The summed E-state index contributed by atoms with van der Waals surface area (Å²) in [7, 11) is 1.55.